The van der Waals surface area contributed by atoms with Crippen LogP contribution in [0, 0.1) is 0 Å². The van der Waals surface area contributed by atoms with Crippen LogP contribution in [0.2, 0.25) is 0 Å². The van der Waals surface area contributed by atoms with Crippen molar-refractivity contribution in [2.45, 2.75) is 72.5 Å². The molecule has 0 aliphatic heterocycles. The van der Waals surface area contributed by atoms with Crippen molar-refractivity contribution >= 4 is 5.69 Å². The molecular weight excluding hydrogens is 244 g/mol. The molecule has 0 aromatic heterocycles. The smallest absolute Gasteiger partial charge is 0.0368 e. The molecule has 0 aliphatic rings. The quantitative estimate of drug-likeness (QED) is 0.664. The molecule has 1 N–H and O–H groups in total. The molecule has 1 aromatic rings. The zero-order chi connectivity index (χ0) is 15.0. The highest BCUT2D eigenvalue weighted by atomic mass is 15.1. The number of nitrogens with one attached hydrogen (secondary N) is 1. The van der Waals surface area contributed by atoms with E-state index in [1.165, 1.54) is 30.5 Å². The molecule has 0 radical (unpaired) electrons. The van der Waals surface area contributed by atoms with E-state index in [2.05, 4.69) is 69.1 Å². The number of rotatable bonds is 9. The van der Waals surface area contributed by atoms with Crippen LogP contribution in [0.15, 0.2) is 24.3 Å². The van der Waals surface area contributed by atoms with E-state index in [0.717, 1.165) is 13.1 Å². The fraction of sp³-hybridized carbons (Fsp3) is 0.667. The fourth-order valence-electron chi connectivity index (χ4n) is 2.34. The molecule has 20 heavy (non-hydrogen) atoms. The topological polar surface area (TPSA) is 15.3 Å². The summed E-state index contributed by atoms with van der Waals surface area (Å²) in [5.41, 5.74) is 2.71. The monoisotopic (exact) mass is 276 g/mol. The van der Waals surface area contributed by atoms with Gasteiger partial charge in [-0.1, -0.05) is 45.7 Å². The van der Waals surface area contributed by atoms with Gasteiger partial charge in [-0.3, -0.25) is 0 Å². The minimum atomic E-state index is 0.538. The second-order valence-electron chi connectivity index (χ2n) is 6.20. The number of nitrogens with zero attached hydrogens (tertiary/aromatic N) is 1. The van der Waals surface area contributed by atoms with E-state index in [4.69, 9.17) is 0 Å². The summed E-state index contributed by atoms with van der Waals surface area (Å²) < 4.78 is 0. The van der Waals surface area contributed by atoms with Crippen LogP contribution in [0.3, 0.4) is 0 Å². The number of anilines is 1. The molecule has 0 unspecified atom stereocenters. The van der Waals surface area contributed by atoms with Gasteiger partial charge >= 0.3 is 0 Å². The summed E-state index contributed by atoms with van der Waals surface area (Å²) in [7, 11) is 0. The number of hydrogen-bond acceptors (Lipinski definition) is 2. The maximum atomic E-state index is 3.46. The van der Waals surface area contributed by atoms with Crippen LogP contribution in [0.5, 0.6) is 0 Å². The van der Waals surface area contributed by atoms with Crippen LogP contribution in [0.25, 0.3) is 0 Å². The Morgan fingerprint density at radius 2 is 1.65 bits per heavy atom. The minimum Gasteiger partial charge on any atom is -0.369 e. The summed E-state index contributed by atoms with van der Waals surface area (Å²) in [4.78, 5) is 2.51. The molecule has 0 atom stereocenters. The van der Waals surface area contributed by atoms with Gasteiger partial charge < -0.3 is 10.2 Å². The highest BCUT2D eigenvalue weighted by Gasteiger charge is 2.09. The van der Waals surface area contributed by atoms with Crippen molar-refractivity contribution in [3.8, 4) is 0 Å². The Balaban J connectivity index is 2.62. The van der Waals surface area contributed by atoms with Crippen molar-refractivity contribution in [2.75, 3.05) is 11.4 Å². The van der Waals surface area contributed by atoms with Gasteiger partial charge in [0.1, 0.15) is 0 Å². The Labute approximate surface area is 125 Å². The summed E-state index contributed by atoms with van der Waals surface area (Å²) in [6.45, 7) is 13.3. The first kappa shape index (κ1) is 17.0. The average Bonchev–Trinajstić information content (AvgIpc) is 2.42. The molecule has 0 amide bonds. The lowest BCUT2D eigenvalue weighted by molar-refractivity contribution is 0.588. The Morgan fingerprint density at radius 1 is 1.00 bits per heavy atom. The van der Waals surface area contributed by atoms with Crippen LogP contribution in [-0.4, -0.2) is 18.6 Å². The SMILES string of the molecule is CCCCCN(c1ccc(CNC(C)C)cc1)C(C)C. The van der Waals surface area contributed by atoms with E-state index in [1.807, 2.05) is 0 Å². The number of hydrogen-bond donors (Lipinski definition) is 1. The van der Waals surface area contributed by atoms with Crippen molar-refractivity contribution in [1.82, 2.24) is 5.32 Å². The number of benzene rings is 1. The zero-order valence-corrected chi connectivity index (χ0v) is 13.9. The van der Waals surface area contributed by atoms with Crippen molar-refractivity contribution in [1.29, 1.82) is 0 Å². The van der Waals surface area contributed by atoms with E-state index in [1.54, 1.807) is 0 Å². The third kappa shape index (κ3) is 5.96. The van der Waals surface area contributed by atoms with Gasteiger partial charge in [-0.25, -0.2) is 0 Å². The average molecular weight is 276 g/mol. The third-order valence-electron chi connectivity index (χ3n) is 3.61. The second-order valence-corrected chi connectivity index (χ2v) is 6.20. The van der Waals surface area contributed by atoms with E-state index < -0.39 is 0 Å². The van der Waals surface area contributed by atoms with Gasteiger partial charge in [0.15, 0.2) is 0 Å². The Morgan fingerprint density at radius 3 is 2.15 bits per heavy atom. The molecule has 2 heteroatoms. The maximum absolute atomic E-state index is 3.46. The van der Waals surface area contributed by atoms with Gasteiger partial charge in [0.05, 0.1) is 0 Å². The van der Waals surface area contributed by atoms with Crippen LogP contribution in [0.1, 0.15) is 59.4 Å². The zero-order valence-electron chi connectivity index (χ0n) is 13.9. The van der Waals surface area contributed by atoms with Crippen molar-refractivity contribution < 1.29 is 0 Å². The van der Waals surface area contributed by atoms with Crippen LogP contribution in [0.4, 0.5) is 5.69 Å². The van der Waals surface area contributed by atoms with Crippen LogP contribution < -0.4 is 10.2 Å². The van der Waals surface area contributed by atoms with Crippen molar-refractivity contribution in [2.24, 2.45) is 0 Å². The van der Waals surface area contributed by atoms with Gasteiger partial charge in [-0.05, 0) is 38.0 Å². The van der Waals surface area contributed by atoms with Crippen molar-refractivity contribution in [3.63, 3.8) is 0 Å². The largest absolute Gasteiger partial charge is 0.369 e. The molecule has 1 aromatic carbocycles. The number of unbranched alkanes of at least 4 members (excludes halogenated alkanes) is 2. The predicted molar refractivity (Wildman–Crippen MR) is 90.4 cm³/mol. The molecular formula is C18H32N2. The molecule has 2 nitrogen and oxygen atoms in total. The molecule has 0 saturated heterocycles. The van der Waals surface area contributed by atoms with E-state index in [-0.39, 0.29) is 0 Å². The standard InChI is InChI=1S/C18H32N2/c1-6-7-8-13-20(16(4)5)18-11-9-17(10-12-18)14-19-15(2)3/h9-12,15-16,19H,6-8,13-14H2,1-5H3. The maximum Gasteiger partial charge on any atom is 0.0368 e. The third-order valence-corrected chi connectivity index (χ3v) is 3.61. The Kier molecular flexibility index (Phi) is 7.68. The molecule has 0 saturated carbocycles. The molecule has 0 heterocycles. The minimum absolute atomic E-state index is 0.538. The molecule has 1 rings (SSSR count). The fourth-order valence-corrected chi connectivity index (χ4v) is 2.34. The van der Waals surface area contributed by atoms with Gasteiger partial charge in [-0.15, -0.1) is 0 Å². The highest BCUT2D eigenvalue weighted by molar-refractivity contribution is 5.48. The van der Waals surface area contributed by atoms with Crippen molar-refractivity contribution in [3.05, 3.63) is 29.8 Å². The molecule has 0 spiro atoms. The highest BCUT2D eigenvalue weighted by Crippen LogP contribution is 2.19. The molecule has 0 aliphatic carbocycles. The molecule has 114 valence electrons. The lowest BCUT2D eigenvalue weighted by Gasteiger charge is -2.29. The summed E-state index contributed by atoms with van der Waals surface area (Å²) in [5.74, 6) is 0. The predicted octanol–water partition coefficient (Wildman–Crippen LogP) is 4.59. The Bertz CT molecular complexity index is 354. The molecule has 0 bridgehead atoms. The van der Waals surface area contributed by atoms with E-state index in [9.17, 15) is 0 Å². The summed E-state index contributed by atoms with van der Waals surface area (Å²) in [5, 5.41) is 3.46. The normalized spacial score (nSPS) is 11.3. The summed E-state index contributed by atoms with van der Waals surface area (Å²) in [6.07, 6.45) is 3.89. The summed E-state index contributed by atoms with van der Waals surface area (Å²) in [6, 6.07) is 10.1. The lowest BCUT2D eigenvalue weighted by Crippen LogP contribution is -2.31. The Hall–Kier alpha value is -1.02. The summed E-state index contributed by atoms with van der Waals surface area (Å²) >= 11 is 0. The lowest BCUT2D eigenvalue weighted by atomic mass is 10.1. The van der Waals surface area contributed by atoms with Crippen LogP contribution >= 0.6 is 0 Å². The van der Waals surface area contributed by atoms with E-state index >= 15 is 0 Å². The second kappa shape index (κ2) is 9.02. The van der Waals surface area contributed by atoms with Crippen LogP contribution in [-0.2, 0) is 6.54 Å². The first-order valence-electron chi connectivity index (χ1n) is 8.13. The van der Waals surface area contributed by atoms with E-state index in [0.29, 0.717) is 12.1 Å². The first-order chi connectivity index (χ1) is 9.54. The first-order valence-corrected chi connectivity index (χ1v) is 8.13. The van der Waals surface area contributed by atoms with Gasteiger partial charge in [0, 0.05) is 30.9 Å². The molecule has 0 fully saturated rings. The van der Waals surface area contributed by atoms with Gasteiger partial charge in [0.25, 0.3) is 0 Å². The van der Waals surface area contributed by atoms with Gasteiger partial charge in [0.2, 0.25) is 0 Å². The van der Waals surface area contributed by atoms with Gasteiger partial charge in [-0.2, -0.15) is 0 Å².